The summed E-state index contributed by atoms with van der Waals surface area (Å²) in [5.74, 6) is 0.145. The van der Waals surface area contributed by atoms with Crippen LogP contribution in [-0.2, 0) is 11.2 Å². The van der Waals surface area contributed by atoms with Crippen molar-refractivity contribution in [3.05, 3.63) is 35.4 Å². The maximum absolute atomic E-state index is 12.1. The maximum atomic E-state index is 12.1. The normalized spacial score (nSPS) is 20.1. The highest BCUT2D eigenvalue weighted by molar-refractivity contribution is 5.77. The lowest BCUT2D eigenvalue weighted by atomic mass is 9.87. The summed E-state index contributed by atoms with van der Waals surface area (Å²) >= 11 is 0. The number of hydrogen-bond acceptors (Lipinski definition) is 2. The number of benzene rings is 1. The molecule has 0 bridgehead atoms. The summed E-state index contributed by atoms with van der Waals surface area (Å²) in [6.45, 7) is 1.88. The van der Waals surface area contributed by atoms with Gasteiger partial charge in [0, 0.05) is 19.5 Å². The summed E-state index contributed by atoms with van der Waals surface area (Å²) in [5.41, 5.74) is 8.40. The van der Waals surface area contributed by atoms with Gasteiger partial charge in [0.25, 0.3) is 0 Å². The third-order valence-corrected chi connectivity index (χ3v) is 3.70. The molecule has 0 saturated carbocycles. The van der Waals surface area contributed by atoms with Crippen LogP contribution in [0.4, 0.5) is 0 Å². The first-order valence-electron chi connectivity index (χ1n) is 6.68. The third-order valence-electron chi connectivity index (χ3n) is 3.70. The highest BCUT2D eigenvalue weighted by Crippen LogP contribution is 2.33. The van der Waals surface area contributed by atoms with Crippen molar-refractivity contribution < 1.29 is 4.79 Å². The molecule has 2 N–H and O–H groups in total. The van der Waals surface area contributed by atoms with E-state index >= 15 is 0 Å². The summed E-state index contributed by atoms with van der Waals surface area (Å²) < 4.78 is 0. The fourth-order valence-electron chi connectivity index (χ4n) is 2.72. The molecule has 0 heterocycles. The first kappa shape index (κ1) is 13.1. The van der Waals surface area contributed by atoms with Gasteiger partial charge in [0.1, 0.15) is 0 Å². The van der Waals surface area contributed by atoms with E-state index in [9.17, 15) is 4.79 Å². The summed E-state index contributed by atoms with van der Waals surface area (Å²) in [4.78, 5) is 14.0. The molecular weight excluding hydrogens is 224 g/mol. The van der Waals surface area contributed by atoms with Crippen LogP contribution in [0.15, 0.2) is 24.3 Å². The molecule has 1 aliphatic carbocycles. The number of carbonyl (C=O) groups is 1. The van der Waals surface area contributed by atoms with E-state index in [0.717, 1.165) is 19.3 Å². The van der Waals surface area contributed by atoms with Crippen LogP contribution < -0.4 is 5.73 Å². The zero-order valence-corrected chi connectivity index (χ0v) is 11.2. The second-order valence-electron chi connectivity index (χ2n) is 5.29. The minimum Gasteiger partial charge on any atom is -0.339 e. The number of nitrogens with zero attached hydrogens (tertiary/aromatic N) is 1. The molecule has 0 aromatic heterocycles. The number of amides is 1. The van der Waals surface area contributed by atoms with E-state index < -0.39 is 0 Å². The van der Waals surface area contributed by atoms with Crippen LogP contribution >= 0.6 is 0 Å². The first-order valence-corrected chi connectivity index (χ1v) is 6.68. The van der Waals surface area contributed by atoms with Crippen molar-refractivity contribution in [2.24, 2.45) is 5.73 Å². The quantitative estimate of drug-likeness (QED) is 0.889. The Hall–Kier alpha value is -1.35. The average Bonchev–Trinajstić information content (AvgIpc) is 2.36. The van der Waals surface area contributed by atoms with Crippen LogP contribution in [-0.4, -0.2) is 23.9 Å². The lowest BCUT2D eigenvalue weighted by molar-refractivity contribution is -0.132. The van der Waals surface area contributed by atoms with Gasteiger partial charge in [-0.1, -0.05) is 24.3 Å². The minimum atomic E-state index is -0.0706. The van der Waals surface area contributed by atoms with E-state index in [0.29, 0.717) is 6.42 Å². The van der Waals surface area contributed by atoms with E-state index in [-0.39, 0.29) is 18.0 Å². The SMILES string of the molecule is CC(N)CC(=O)N(C)C1CCCc2ccccc21. The Bertz CT molecular complexity index is 428. The van der Waals surface area contributed by atoms with Crippen molar-refractivity contribution in [3.8, 4) is 0 Å². The van der Waals surface area contributed by atoms with Crippen molar-refractivity contribution in [2.75, 3.05) is 7.05 Å². The molecule has 2 atom stereocenters. The van der Waals surface area contributed by atoms with Crippen molar-refractivity contribution in [3.63, 3.8) is 0 Å². The number of rotatable bonds is 3. The molecule has 3 nitrogen and oxygen atoms in total. The lowest BCUT2D eigenvalue weighted by Crippen LogP contribution is -2.36. The van der Waals surface area contributed by atoms with Gasteiger partial charge in [-0.25, -0.2) is 0 Å². The van der Waals surface area contributed by atoms with Crippen molar-refractivity contribution in [2.45, 2.75) is 44.7 Å². The fourth-order valence-corrected chi connectivity index (χ4v) is 2.72. The van der Waals surface area contributed by atoms with E-state index in [1.165, 1.54) is 11.1 Å². The topological polar surface area (TPSA) is 46.3 Å². The third kappa shape index (κ3) is 2.72. The molecule has 0 spiro atoms. The van der Waals surface area contributed by atoms with Crippen molar-refractivity contribution in [1.82, 2.24) is 4.90 Å². The molecule has 1 aromatic carbocycles. The zero-order valence-electron chi connectivity index (χ0n) is 11.2. The highest BCUT2D eigenvalue weighted by Gasteiger charge is 2.26. The molecule has 18 heavy (non-hydrogen) atoms. The second kappa shape index (κ2) is 5.53. The van der Waals surface area contributed by atoms with E-state index in [1.807, 2.05) is 18.9 Å². The second-order valence-corrected chi connectivity index (χ2v) is 5.29. The van der Waals surface area contributed by atoms with Gasteiger partial charge in [0.05, 0.1) is 6.04 Å². The number of fused-ring (bicyclic) bond motifs is 1. The van der Waals surface area contributed by atoms with Gasteiger partial charge >= 0.3 is 0 Å². The molecule has 0 saturated heterocycles. The summed E-state index contributed by atoms with van der Waals surface area (Å²) in [6, 6.07) is 8.60. The van der Waals surface area contributed by atoms with Gasteiger partial charge in [-0.3, -0.25) is 4.79 Å². The monoisotopic (exact) mass is 246 g/mol. The number of carbonyl (C=O) groups excluding carboxylic acids is 1. The molecule has 0 radical (unpaired) electrons. The molecule has 1 amide bonds. The standard InChI is InChI=1S/C15H22N2O/c1-11(16)10-15(18)17(2)14-9-5-7-12-6-3-4-8-13(12)14/h3-4,6,8,11,14H,5,7,9-10,16H2,1-2H3. The van der Waals surface area contributed by atoms with Crippen LogP contribution in [0, 0.1) is 0 Å². The molecule has 2 unspecified atom stereocenters. The zero-order chi connectivity index (χ0) is 13.1. The molecule has 0 fully saturated rings. The van der Waals surface area contributed by atoms with Crippen LogP contribution in [0.1, 0.15) is 43.4 Å². The predicted molar refractivity (Wildman–Crippen MR) is 73.2 cm³/mol. The lowest BCUT2D eigenvalue weighted by Gasteiger charge is -2.33. The molecule has 1 aromatic rings. The summed E-state index contributed by atoms with van der Waals surface area (Å²) in [5, 5.41) is 0. The van der Waals surface area contributed by atoms with Gasteiger partial charge < -0.3 is 10.6 Å². The Balaban J connectivity index is 2.17. The Labute approximate surface area is 109 Å². The summed E-state index contributed by atoms with van der Waals surface area (Å²) in [6.07, 6.45) is 3.76. The molecule has 2 rings (SSSR count). The van der Waals surface area contributed by atoms with Gasteiger partial charge in [-0.05, 0) is 37.3 Å². The highest BCUT2D eigenvalue weighted by atomic mass is 16.2. The fraction of sp³-hybridized carbons (Fsp3) is 0.533. The van der Waals surface area contributed by atoms with E-state index in [1.54, 1.807) is 0 Å². The Kier molecular flexibility index (Phi) is 4.02. The largest absolute Gasteiger partial charge is 0.339 e. The van der Waals surface area contributed by atoms with Crippen molar-refractivity contribution >= 4 is 5.91 Å². The number of nitrogens with two attached hydrogens (primary N) is 1. The van der Waals surface area contributed by atoms with Crippen LogP contribution in [0.2, 0.25) is 0 Å². The molecule has 0 aliphatic heterocycles. The van der Waals surface area contributed by atoms with Gasteiger partial charge in [0.2, 0.25) is 5.91 Å². The smallest absolute Gasteiger partial charge is 0.224 e. The number of aryl methyl sites for hydroxylation is 1. The molecule has 3 heteroatoms. The Morgan fingerprint density at radius 2 is 2.22 bits per heavy atom. The Morgan fingerprint density at radius 3 is 2.94 bits per heavy atom. The Morgan fingerprint density at radius 1 is 1.50 bits per heavy atom. The van der Waals surface area contributed by atoms with Crippen LogP contribution in [0.25, 0.3) is 0 Å². The van der Waals surface area contributed by atoms with E-state index in [2.05, 4.69) is 24.3 Å². The number of hydrogen-bond donors (Lipinski definition) is 1. The van der Waals surface area contributed by atoms with Gasteiger partial charge in [-0.2, -0.15) is 0 Å². The van der Waals surface area contributed by atoms with Gasteiger partial charge in [0.15, 0.2) is 0 Å². The minimum absolute atomic E-state index is 0.0706. The van der Waals surface area contributed by atoms with E-state index in [4.69, 9.17) is 5.73 Å². The predicted octanol–water partition coefficient (Wildman–Crippen LogP) is 2.26. The average molecular weight is 246 g/mol. The maximum Gasteiger partial charge on any atom is 0.224 e. The molecular formula is C15H22N2O. The summed E-state index contributed by atoms with van der Waals surface area (Å²) in [7, 11) is 1.90. The van der Waals surface area contributed by atoms with Crippen LogP contribution in [0.5, 0.6) is 0 Å². The van der Waals surface area contributed by atoms with Gasteiger partial charge in [-0.15, -0.1) is 0 Å². The van der Waals surface area contributed by atoms with Crippen LogP contribution in [0.3, 0.4) is 0 Å². The first-order chi connectivity index (χ1) is 8.59. The molecule has 98 valence electrons. The van der Waals surface area contributed by atoms with Crippen molar-refractivity contribution in [1.29, 1.82) is 0 Å². The molecule has 1 aliphatic rings.